The molecule has 1 atom stereocenters. The van der Waals surface area contributed by atoms with Crippen LogP contribution < -0.4 is 5.32 Å². The molecule has 0 amide bonds. The molecule has 1 aliphatic rings. The van der Waals surface area contributed by atoms with E-state index in [1.807, 2.05) is 30.3 Å². The lowest BCUT2D eigenvalue weighted by atomic mass is 10.0. The van der Waals surface area contributed by atoms with Gasteiger partial charge in [-0.05, 0) is 12.1 Å². The lowest BCUT2D eigenvalue weighted by molar-refractivity contribution is 0.0240. The molecule has 1 aliphatic heterocycles. The van der Waals surface area contributed by atoms with Crippen LogP contribution in [0.1, 0.15) is 16.8 Å². The van der Waals surface area contributed by atoms with E-state index in [0.29, 0.717) is 13.0 Å². The number of nitrogens with one attached hydrogen (secondary N) is 1. The number of Topliss-reactive ketones (excluding diaryl/α,β-unsaturated/α-hetero) is 1. The van der Waals surface area contributed by atoms with E-state index < -0.39 is 0 Å². The fraction of sp³-hybridized carbons (Fsp3) is 0.333. The molecule has 1 N–H and O–H groups in total. The minimum absolute atomic E-state index is 0.0202. The number of benzene rings is 1. The van der Waals surface area contributed by atoms with Crippen LogP contribution in [0.3, 0.4) is 0 Å². The van der Waals surface area contributed by atoms with Gasteiger partial charge >= 0.3 is 0 Å². The standard InChI is InChI=1S/C15H16N2O2/c18-15(9-11-10-16-7-8-19-11)13-3-1-5-14-12(13)4-2-6-17-14/h1-6,11,16H,7-10H2. The molecule has 0 bridgehead atoms. The van der Waals surface area contributed by atoms with Crippen molar-refractivity contribution in [2.24, 2.45) is 0 Å². The van der Waals surface area contributed by atoms with Gasteiger partial charge in [-0.15, -0.1) is 0 Å². The molecule has 1 fully saturated rings. The Hall–Kier alpha value is -1.78. The molecule has 4 nitrogen and oxygen atoms in total. The molecule has 0 radical (unpaired) electrons. The van der Waals surface area contributed by atoms with Crippen molar-refractivity contribution in [1.82, 2.24) is 10.3 Å². The van der Waals surface area contributed by atoms with Gasteiger partial charge in [-0.25, -0.2) is 0 Å². The number of rotatable bonds is 3. The van der Waals surface area contributed by atoms with Crippen molar-refractivity contribution in [1.29, 1.82) is 0 Å². The second kappa shape index (κ2) is 5.47. The molecule has 3 rings (SSSR count). The SMILES string of the molecule is O=C(CC1CNCCO1)c1cccc2ncccc12. The van der Waals surface area contributed by atoms with Crippen LogP contribution in [0.5, 0.6) is 0 Å². The number of morpholine rings is 1. The number of carbonyl (C=O) groups is 1. The number of nitrogens with zero attached hydrogens (tertiary/aromatic N) is 1. The lowest BCUT2D eigenvalue weighted by Gasteiger charge is -2.23. The Morgan fingerprint density at radius 3 is 3.16 bits per heavy atom. The molecule has 1 aromatic heterocycles. The van der Waals surface area contributed by atoms with Gasteiger partial charge in [0.2, 0.25) is 0 Å². The van der Waals surface area contributed by atoms with E-state index in [9.17, 15) is 4.79 Å². The smallest absolute Gasteiger partial charge is 0.166 e. The Bertz CT molecular complexity index is 586. The average molecular weight is 256 g/mol. The second-order valence-electron chi connectivity index (χ2n) is 4.70. The molecular formula is C15H16N2O2. The lowest BCUT2D eigenvalue weighted by Crippen LogP contribution is -2.39. The molecule has 19 heavy (non-hydrogen) atoms. The number of fused-ring (bicyclic) bond motifs is 1. The van der Waals surface area contributed by atoms with Gasteiger partial charge in [0, 0.05) is 36.7 Å². The van der Waals surface area contributed by atoms with E-state index >= 15 is 0 Å². The Labute approximate surface area is 111 Å². The third-order valence-corrected chi connectivity index (χ3v) is 3.36. The minimum atomic E-state index is -0.0202. The summed E-state index contributed by atoms with van der Waals surface area (Å²) in [5.74, 6) is 0.118. The minimum Gasteiger partial charge on any atom is -0.375 e. The predicted molar refractivity (Wildman–Crippen MR) is 73.3 cm³/mol. The van der Waals surface area contributed by atoms with Crippen molar-refractivity contribution in [2.75, 3.05) is 19.7 Å². The van der Waals surface area contributed by atoms with Gasteiger partial charge in [0.15, 0.2) is 5.78 Å². The summed E-state index contributed by atoms with van der Waals surface area (Å²) in [6, 6.07) is 9.46. The molecule has 0 saturated carbocycles. The molecule has 98 valence electrons. The normalized spacial score (nSPS) is 19.5. The first-order chi connectivity index (χ1) is 9.34. The van der Waals surface area contributed by atoms with Crippen molar-refractivity contribution < 1.29 is 9.53 Å². The first kappa shape index (κ1) is 12.3. The van der Waals surface area contributed by atoms with E-state index in [1.54, 1.807) is 6.20 Å². The van der Waals surface area contributed by atoms with Gasteiger partial charge in [-0.2, -0.15) is 0 Å². The quantitative estimate of drug-likeness (QED) is 0.851. The van der Waals surface area contributed by atoms with E-state index in [2.05, 4.69) is 10.3 Å². The number of ether oxygens (including phenoxy) is 1. The number of pyridine rings is 1. The zero-order valence-corrected chi connectivity index (χ0v) is 10.6. The molecule has 4 heteroatoms. The highest BCUT2D eigenvalue weighted by atomic mass is 16.5. The predicted octanol–water partition coefficient (Wildman–Crippen LogP) is 1.80. The van der Waals surface area contributed by atoms with Crippen LogP contribution in [0, 0.1) is 0 Å². The van der Waals surface area contributed by atoms with Gasteiger partial charge in [-0.3, -0.25) is 9.78 Å². The molecular weight excluding hydrogens is 240 g/mol. The van der Waals surface area contributed by atoms with Crippen molar-refractivity contribution in [3.8, 4) is 0 Å². The van der Waals surface area contributed by atoms with Gasteiger partial charge < -0.3 is 10.1 Å². The van der Waals surface area contributed by atoms with Crippen molar-refractivity contribution >= 4 is 16.7 Å². The second-order valence-corrected chi connectivity index (χ2v) is 4.70. The van der Waals surface area contributed by atoms with E-state index in [-0.39, 0.29) is 11.9 Å². The Morgan fingerprint density at radius 1 is 1.37 bits per heavy atom. The van der Waals surface area contributed by atoms with Crippen LogP contribution in [0.2, 0.25) is 0 Å². The molecule has 0 spiro atoms. The first-order valence-electron chi connectivity index (χ1n) is 6.54. The summed E-state index contributed by atoms with van der Waals surface area (Å²) in [4.78, 5) is 16.7. The van der Waals surface area contributed by atoms with Crippen LogP contribution in [0.15, 0.2) is 36.5 Å². The summed E-state index contributed by atoms with van der Waals surface area (Å²) in [5, 5.41) is 4.15. The number of carbonyl (C=O) groups excluding carboxylic acids is 1. The van der Waals surface area contributed by atoms with Crippen LogP contribution in [0.4, 0.5) is 0 Å². The maximum atomic E-state index is 12.4. The average Bonchev–Trinajstić information content (AvgIpc) is 2.47. The van der Waals surface area contributed by atoms with Gasteiger partial charge in [0.25, 0.3) is 0 Å². The van der Waals surface area contributed by atoms with Gasteiger partial charge in [0.1, 0.15) is 0 Å². The van der Waals surface area contributed by atoms with Crippen molar-refractivity contribution in [3.63, 3.8) is 0 Å². The van der Waals surface area contributed by atoms with Gasteiger partial charge in [0.05, 0.1) is 18.2 Å². The third kappa shape index (κ3) is 2.64. The van der Waals surface area contributed by atoms with Crippen LogP contribution in [-0.2, 0) is 4.74 Å². The largest absolute Gasteiger partial charge is 0.375 e. The third-order valence-electron chi connectivity index (χ3n) is 3.36. The fourth-order valence-corrected chi connectivity index (χ4v) is 2.41. The highest BCUT2D eigenvalue weighted by Crippen LogP contribution is 2.19. The number of ketones is 1. The fourth-order valence-electron chi connectivity index (χ4n) is 2.41. The molecule has 2 heterocycles. The highest BCUT2D eigenvalue weighted by Gasteiger charge is 2.19. The van der Waals surface area contributed by atoms with Crippen LogP contribution in [0.25, 0.3) is 10.9 Å². The maximum absolute atomic E-state index is 12.4. The highest BCUT2D eigenvalue weighted by molar-refractivity contribution is 6.07. The summed E-state index contributed by atoms with van der Waals surface area (Å²) in [6.45, 7) is 2.28. The van der Waals surface area contributed by atoms with Crippen LogP contribution >= 0.6 is 0 Å². The summed E-state index contributed by atoms with van der Waals surface area (Å²) >= 11 is 0. The monoisotopic (exact) mass is 256 g/mol. The number of aromatic nitrogens is 1. The molecule has 1 unspecified atom stereocenters. The Morgan fingerprint density at radius 2 is 2.32 bits per heavy atom. The zero-order chi connectivity index (χ0) is 13.1. The molecule has 1 saturated heterocycles. The Kier molecular flexibility index (Phi) is 3.53. The summed E-state index contributed by atoms with van der Waals surface area (Å²) in [7, 11) is 0. The van der Waals surface area contributed by atoms with Gasteiger partial charge in [-0.1, -0.05) is 18.2 Å². The van der Waals surface area contributed by atoms with Crippen molar-refractivity contribution in [2.45, 2.75) is 12.5 Å². The van der Waals surface area contributed by atoms with Crippen molar-refractivity contribution in [3.05, 3.63) is 42.1 Å². The summed E-state index contributed by atoms with van der Waals surface area (Å²) in [6.07, 6.45) is 2.14. The summed E-state index contributed by atoms with van der Waals surface area (Å²) < 4.78 is 5.58. The maximum Gasteiger partial charge on any atom is 0.166 e. The molecule has 2 aromatic rings. The van der Waals surface area contributed by atoms with E-state index in [0.717, 1.165) is 29.6 Å². The number of hydrogen-bond acceptors (Lipinski definition) is 4. The first-order valence-corrected chi connectivity index (χ1v) is 6.54. The Balaban J connectivity index is 1.85. The molecule has 1 aromatic carbocycles. The molecule has 0 aliphatic carbocycles. The van der Waals surface area contributed by atoms with Crippen LogP contribution in [-0.4, -0.2) is 36.6 Å². The summed E-state index contributed by atoms with van der Waals surface area (Å²) in [5.41, 5.74) is 1.59. The van der Waals surface area contributed by atoms with E-state index in [1.165, 1.54) is 0 Å². The topological polar surface area (TPSA) is 51.2 Å². The number of hydrogen-bond donors (Lipinski definition) is 1. The zero-order valence-electron chi connectivity index (χ0n) is 10.6. The van der Waals surface area contributed by atoms with E-state index in [4.69, 9.17) is 4.74 Å².